The summed E-state index contributed by atoms with van der Waals surface area (Å²) in [6.45, 7) is 6.04. The van der Waals surface area contributed by atoms with Crippen LogP contribution < -0.4 is 9.80 Å². The Hall–Kier alpha value is -2.79. The molecule has 10 nitrogen and oxygen atoms in total. The average molecular weight is 412 g/mol. The highest BCUT2D eigenvalue weighted by Gasteiger charge is 2.24. The van der Waals surface area contributed by atoms with Crippen LogP contribution in [0, 0.1) is 6.92 Å². The maximum atomic E-state index is 5.52. The van der Waals surface area contributed by atoms with Crippen molar-refractivity contribution in [2.45, 2.75) is 12.7 Å². The maximum absolute atomic E-state index is 5.52. The molecule has 3 aromatic heterocycles. The quantitative estimate of drug-likeness (QED) is 0.638. The zero-order chi connectivity index (χ0) is 19.8. The van der Waals surface area contributed by atoms with Crippen molar-refractivity contribution in [3.8, 4) is 11.6 Å². The normalized spacial score (nSPS) is 16.9. The van der Waals surface area contributed by atoms with Crippen LogP contribution in [0.3, 0.4) is 0 Å². The van der Waals surface area contributed by atoms with Gasteiger partial charge in [-0.2, -0.15) is 22.6 Å². The van der Waals surface area contributed by atoms with Gasteiger partial charge in [0.05, 0.1) is 26.1 Å². The highest BCUT2D eigenvalue weighted by atomic mass is 32.1. The number of aromatic nitrogens is 5. The number of nitrogens with zero attached hydrogens (tertiary/aromatic N) is 8. The van der Waals surface area contributed by atoms with Gasteiger partial charge in [-0.3, -0.25) is 9.89 Å². The molecular formula is C18H20N8O2S. The Labute approximate surface area is 172 Å². The minimum atomic E-state index is 0.371. The number of fused-ring (bicyclic) bond motifs is 1. The van der Waals surface area contributed by atoms with Gasteiger partial charge in [0.1, 0.15) is 16.7 Å². The van der Waals surface area contributed by atoms with E-state index in [4.69, 9.17) is 24.2 Å². The third-order valence-corrected chi connectivity index (χ3v) is 5.22. The summed E-state index contributed by atoms with van der Waals surface area (Å²) in [7, 11) is 0. The maximum Gasteiger partial charge on any atom is 0.276 e. The summed E-state index contributed by atoms with van der Waals surface area (Å²) in [4.78, 5) is 27.2. The zero-order valence-corrected chi connectivity index (χ0v) is 16.8. The molecule has 0 spiro atoms. The van der Waals surface area contributed by atoms with Gasteiger partial charge in [-0.15, -0.1) is 0 Å². The molecule has 0 atom stereocenters. The lowest BCUT2D eigenvalue weighted by Crippen LogP contribution is -2.37. The summed E-state index contributed by atoms with van der Waals surface area (Å²) in [5, 5.41) is 3.88. The van der Waals surface area contributed by atoms with Gasteiger partial charge in [0.2, 0.25) is 5.95 Å². The highest BCUT2D eigenvalue weighted by molar-refractivity contribution is 7.79. The standard InChI is InChI=1S/C18H20N8O2S/c1-11-20-17(28-24-11)13-8-12(9-29)14-15(21-13)16(25-4-6-27-7-5-25)23-18(22-14)26-3-2-19-10-26/h8,10,29H,2-7,9H2,1H3. The first-order valence-corrected chi connectivity index (χ1v) is 10.1. The lowest BCUT2D eigenvalue weighted by atomic mass is 10.1. The first-order chi connectivity index (χ1) is 14.2. The van der Waals surface area contributed by atoms with Gasteiger partial charge in [-0.1, -0.05) is 5.16 Å². The van der Waals surface area contributed by atoms with Crippen LogP contribution in [0.25, 0.3) is 22.6 Å². The molecule has 5 rings (SSSR count). The average Bonchev–Trinajstić information content (AvgIpc) is 3.45. The highest BCUT2D eigenvalue weighted by Crippen LogP contribution is 2.31. The van der Waals surface area contributed by atoms with Gasteiger partial charge in [-0.05, 0) is 18.6 Å². The molecule has 0 N–H and O–H groups in total. The lowest BCUT2D eigenvalue weighted by molar-refractivity contribution is 0.122. The summed E-state index contributed by atoms with van der Waals surface area (Å²) < 4.78 is 10.9. The minimum absolute atomic E-state index is 0.371. The van der Waals surface area contributed by atoms with Crippen molar-refractivity contribution in [2.24, 2.45) is 4.99 Å². The number of aliphatic imine (C=N–C) groups is 1. The summed E-state index contributed by atoms with van der Waals surface area (Å²) in [6, 6.07) is 1.90. The molecule has 3 aromatic rings. The number of hydrogen-bond donors (Lipinski definition) is 1. The molecule has 11 heteroatoms. The number of anilines is 2. The number of ether oxygens (including phenoxy) is 1. The Morgan fingerprint density at radius 2 is 1.93 bits per heavy atom. The van der Waals surface area contributed by atoms with E-state index in [1.165, 1.54) is 0 Å². The van der Waals surface area contributed by atoms with Gasteiger partial charge in [0, 0.05) is 25.4 Å². The molecule has 5 heterocycles. The van der Waals surface area contributed by atoms with Gasteiger partial charge >= 0.3 is 0 Å². The first-order valence-electron chi connectivity index (χ1n) is 9.45. The molecule has 2 aliphatic heterocycles. The van der Waals surface area contributed by atoms with Gasteiger partial charge in [0.25, 0.3) is 5.89 Å². The molecule has 0 saturated carbocycles. The molecule has 1 saturated heterocycles. The van der Waals surface area contributed by atoms with Crippen molar-refractivity contribution in [2.75, 3.05) is 49.2 Å². The van der Waals surface area contributed by atoms with Crippen LogP contribution in [0.4, 0.5) is 11.8 Å². The largest absolute Gasteiger partial charge is 0.378 e. The predicted molar refractivity (Wildman–Crippen MR) is 112 cm³/mol. The second-order valence-corrected chi connectivity index (χ2v) is 7.15. The van der Waals surface area contributed by atoms with E-state index in [1.807, 2.05) is 11.0 Å². The number of morpholine rings is 1. The second-order valence-electron chi connectivity index (χ2n) is 6.83. The topological polar surface area (TPSA) is 106 Å². The fourth-order valence-corrected chi connectivity index (χ4v) is 3.67. The number of pyridine rings is 1. The molecule has 0 radical (unpaired) electrons. The van der Waals surface area contributed by atoms with Crippen molar-refractivity contribution >= 4 is 41.8 Å². The van der Waals surface area contributed by atoms with Gasteiger partial charge in [-0.25, -0.2) is 9.97 Å². The van der Waals surface area contributed by atoms with E-state index in [-0.39, 0.29) is 0 Å². The van der Waals surface area contributed by atoms with Crippen molar-refractivity contribution in [3.63, 3.8) is 0 Å². The third-order valence-electron chi connectivity index (χ3n) is 4.88. The zero-order valence-electron chi connectivity index (χ0n) is 15.9. The number of aryl methyl sites for hydroxylation is 1. The van der Waals surface area contributed by atoms with Crippen LogP contribution in [-0.2, 0) is 10.5 Å². The molecule has 0 aliphatic carbocycles. The molecule has 0 aromatic carbocycles. The van der Waals surface area contributed by atoms with Crippen molar-refractivity contribution in [1.29, 1.82) is 0 Å². The van der Waals surface area contributed by atoms with E-state index < -0.39 is 0 Å². The Morgan fingerprint density at radius 3 is 2.62 bits per heavy atom. The van der Waals surface area contributed by atoms with Crippen LogP contribution >= 0.6 is 12.6 Å². The Morgan fingerprint density at radius 1 is 1.07 bits per heavy atom. The molecular weight excluding hydrogens is 392 g/mol. The summed E-state index contributed by atoms with van der Waals surface area (Å²) in [6.07, 6.45) is 1.79. The van der Waals surface area contributed by atoms with E-state index in [0.717, 1.165) is 43.1 Å². The smallest absolute Gasteiger partial charge is 0.276 e. The van der Waals surface area contributed by atoms with E-state index in [2.05, 4.69) is 32.7 Å². The van der Waals surface area contributed by atoms with Gasteiger partial charge < -0.3 is 14.2 Å². The van der Waals surface area contributed by atoms with Crippen molar-refractivity contribution in [1.82, 2.24) is 25.1 Å². The fourth-order valence-electron chi connectivity index (χ4n) is 3.43. The number of rotatable bonds is 4. The Bertz CT molecular complexity index is 1080. The fraction of sp³-hybridized carbons (Fsp3) is 0.444. The monoisotopic (exact) mass is 412 g/mol. The van der Waals surface area contributed by atoms with E-state index in [0.29, 0.717) is 47.8 Å². The molecule has 2 aliphatic rings. The van der Waals surface area contributed by atoms with E-state index in [9.17, 15) is 0 Å². The van der Waals surface area contributed by atoms with Crippen LogP contribution in [0.5, 0.6) is 0 Å². The Balaban J connectivity index is 1.73. The Kier molecular flexibility index (Phi) is 4.76. The van der Waals surface area contributed by atoms with Crippen LogP contribution in [-0.4, -0.2) is 70.8 Å². The molecule has 29 heavy (non-hydrogen) atoms. The molecule has 0 amide bonds. The van der Waals surface area contributed by atoms with E-state index >= 15 is 0 Å². The summed E-state index contributed by atoms with van der Waals surface area (Å²) >= 11 is 4.53. The third kappa shape index (κ3) is 3.40. The molecule has 0 unspecified atom stereocenters. The molecule has 150 valence electrons. The summed E-state index contributed by atoms with van der Waals surface area (Å²) in [5.41, 5.74) is 2.99. The van der Waals surface area contributed by atoms with Crippen molar-refractivity contribution in [3.05, 3.63) is 17.5 Å². The van der Waals surface area contributed by atoms with Crippen molar-refractivity contribution < 1.29 is 9.26 Å². The SMILES string of the molecule is Cc1noc(-c2cc(CS)c3nc(N4C=NCC4)nc(N4CCOCC4)c3n2)n1. The summed E-state index contributed by atoms with van der Waals surface area (Å²) in [5.74, 6) is 2.81. The van der Waals surface area contributed by atoms with Gasteiger partial charge in [0.15, 0.2) is 11.6 Å². The number of hydrogen-bond acceptors (Lipinski definition) is 11. The minimum Gasteiger partial charge on any atom is -0.378 e. The van der Waals surface area contributed by atoms with Crippen LogP contribution in [0.2, 0.25) is 0 Å². The number of thiol groups is 1. The predicted octanol–water partition coefficient (Wildman–Crippen LogP) is 1.50. The first kappa shape index (κ1) is 18.3. The van der Waals surface area contributed by atoms with E-state index in [1.54, 1.807) is 13.3 Å². The lowest BCUT2D eigenvalue weighted by Gasteiger charge is -2.29. The second kappa shape index (κ2) is 7.56. The molecule has 0 bridgehead atoms. The molecule has 1 fully saturated rings. The van der Waals surface area contributed by atoms with Crippen LogP contribution in [0.15, 0.2) is 15.6 Å². The van der Waals surface area contributed by atoms with Crippen LogP contribution in [0.1, 0.15) is 11.4 Å².